The van der Waals surface area contributed by atoms with Crippen LogP contribution in [0.2, 0.25) is 44.5 Å². The van der Waals surface area contributed by atoms with Crippen LogP contribution in [0.4, 0.5) is 0 Å². The van der Waals surface area contributed by atoms with Gasteiger partial charge >= 0.3 is 129 Å². The van der Waals surface area contributed by atoms with E-state index in [1.807, 2.05) is 0 Å². The molecule has 0 heterocycles. The normalized spacial score (nSPS) is 13.8. The first-order valence-corrected chi connectivity index (χ1v) is 37.0. The molecule has 0 aliphatic heterocycles. The summed E-state index contributed by atoms with van der Waals surface area (Å²) in [7, 11) is 0. The fourth-order valence-corrected chi connectivity index (χ4v) is 15.5. The summed E-state index contributed by atoms with van der Waals surface area (Å²) in [4.78, 5) is 22.9. The van der Waals surface area contributed by atoms with E-state index in [2.05, 4.69) is 62.7 Å². The van der Waals surface area contributed by atoms with Gasteiger partial charge in [0.15, 0.2) is 0 Å². The Morgan fingerprint density at radius 3 is 0.722 bits per heavy atom. The molecule has 3 heteroatoms. The van der Waals surface area contributed by atoms with Crippen LogP contribution < -0.4 is 10.7 Å². The standard InChI is InChI=1S/C6H3.9CH3.3Sn/c1-2-4-6-5-3-1;;;;;;;;;;;;/h1,4-5H;9*1H3;;;. The van der Waals surface area contributed by atoms with Gasteiger partial charge < -0.3 is 0 Å². The van der Waals surface area contributed by atoms with E-state index in [4.69, 9.17) is 0 Å². The molecule has 0 fully saturated rings. The Morgan fingerprint density at radius 2 is 0.611 bits per heavy atom. The summed E-state index contributed by atoms with van der Waals surface area (Å²) in [6.45, 7) is 0. The van der Waals surface area contributed by atoms with Crippen LogP contribution in [0, 0.1) is 0 Å². The van der Waals surface area contributed by atoms with Gasteiger partial charge in [-0.15, -0.1) is 0 Å². The van der Waals surface area contributed by atoms with Crippen molar-refractivity contribution < 1.29 is 0 Å². The minimum absolute atomic E-state index is 1.76. The molecule has 0 radical (unpaired) electrons. The maximum atomic E-state index is 2.60. The summed E-state index contributed by atoms with van der Waals surface area (Å²) < 4.78 is 5.28. The fraction of sp³-hybridized carbons (Fsp3) is 0.600. The van der Waals surface area contributed by atoms with E-state index >= 15 is 0 Å². The summed E-state index contributed by atoms with van der Waals surface area (Å²) in [5.41, 5.74) is 0. The van der Waals surface area contributed by atoms with E-state index in [0.717, 1.165) is 0 Å². The molecule has 0 aromatic heterocycles. The van der Waals surface area contributed by atoms with Crippen LogP contribution in [-0.4, -0.2) is 55.1 Å². The molecule has 0 unspecified atom stereocenters. The molecule has 18 heavy (non-hydrogen) atoms. The van der Waals surface area contributed by atoms with Crippen molar-refractivity contribution in [1.82, 2.24) is 0 Å². The van der Waals surface area contributed by atoms with Crippen molar-refractivity contribution in [3.63, 3.8) is 0 Å². The van der Waals surface area contributed by atoms with Gasteiger partial charge in [0.05, 0.1) is 0 Å². The quantitative estimate of drug-likeness (QED) is 0.493. The van der Waals surface area contributed by atoms with Gasteiger partial charge in [0.2, 0.25) is 0 Å². The molecule has 0 atom stereocenters. The van der Waals surface area contributed by atoms with Crippen LogP contribution in [0.25, 0.3) is 0 Å². The van der Waals surface area contributed by atoms with Gasteiger partial charge in [-0.1, -0.05) is 0 Å². The number of hydrogen-bond donors (Lipinski definition) is 0. The van der Waals surface area contributed by atoms with Crippen molar-refractivity contribution in [3.8, 4) is 0 Å². The van der Waals surface area contributed by atoms with Gasteiger partial charge in [-0.3, -0.25) is 0 Å². The molecule has 0 amide bonds. The predicted molar refractivity (Wildman–Crippen MR) is 95.4 cm³/mol. The zero-order valence-corrected chi connectivity index (χ0v) is 22.3. The van der Waals surface area contributed by atoms with E-state index < -0.39 is 55.1 Å². The van der Waals surface area contributed by atoms with Crippen molar-refractivity contribution in [2.45, 2.75) is 44.5 Å². The molecule has 1 aromatic rings. The third kappa shape index (κ3) is 4.87. The minimum atomic E-state index is -1.94. The summed E-state index contributed by atoms with van der Waals surface area (Å²) in [5.74, 6) is 0. The van der Waals surface area contributed by atoms with E-state index in [1.54, 1.807) is 10.7 Å². The molecule has 0 aliphatic carbocycles. The molecule has 0 spiro atoms. The molecule has 1 rings (SSSR count). The van der Waals surface area contributed by atoms with E-state index in [9.17, 15) is 0 Å². The average Bonchev–Trinajstić information content (AvgIpc) is 2.13. The van der Waals surface area contributed by atoms with Crippen molar-refractivity contribution in [1.29, 1.82) is 0 Å². The summed E-state index contributed by atoms with van der Waals surface area (Å²) in [5, 5.41) is 0. The Hall–Kier alpha value is 1.62. The van der Waals surface area contributed by atoms with Gasteiger partial charge in [0.25, 0.3) is 0 Å². The SMILES string of the molecule is [CH3][Sn]([CH3])([CH3])[c]1c[c]([Sn]([CH3])([CH3])[CH3])c[c]([Sn]([CH3])([CH3])[CH3])c1. The fourth-order valence-electron chi connectivity index (χ4n) is 1.93. The van der Waals surface area contributed by atoms with Gasteiger partial charge in [0, 0.05) is 0 Å². The van der Waals surface area contributed by atoms with Crippen LogP contribution >= 0.6 is 0 Å². The zero-order valence-electron chi connectivity index (χ0n) is 13.7. The van der Waals surface area contributed by atoms with E-state index in [0.29, 0.717) is 0 Å². The van der Waals surface area contributed by atoms with Crippen molar-refractivity contribution in [2.24, 2.45) is 0 Å². The van der Waals surface area contributed by atoms with E-state index in [1.165, 1.54) is 0 Å². The van der Waals surface area contributed by atoms with Crippen LogP contribution in [0.1, 0.15) is 0 Å². The molecular weight excluding hydrogens is 536 g/mol. The Kier molecular flexibility index (Phi) is 5.67. The van der Waals surface area contributed by atoms with Gasteiger partial charge in [-0.05, 0) is 0 Å². The third-order valence-electron chi connectivity index (χ3n) is 3.53. The first-order valence-electron chi connectivity index (χ1n) is 6.98. The molecule has 0 bridgehead atoms. The first-order chi connectivity index (χ1) is 7.82. The summed E-state index contributed by atoms with van der Waals surface area (Å²) >= 11 is -5.81. The monoisotopic (exact) mass is 570 g/mol. The van der Waals surface area contributed by atoms with Crippen molar-refractivity contribution in [2.75, 3.05) is 0 Å². The molecule has 0 nitrogen and oxygen atoms in total. The summed E-state index contributed by atoms with van der Waals surface area (Å²) in [6, 6.07) is 7.81. The second-order valence-corrected chi connectivity index (χ2v) is 52.0. The Labute approximate surface area is 127 Å². The number of rotatable bonds is 3. The summed E-state index contributed by atoms with van der Waals surface area (Å²) in [6.07, 6.45) is 0. The second-order valence-electron chi connectivity index (χ2n) is 8.55. The van der Waals surface area contributed by atoms with E-state index in [-0.39, 0.29) is 0 Å². The van der Waals surface area contributed by atoms with Crippen LogP contribution in [0.5, 0.6) is 0 Å². The van der Waals surface area contributed by atoms with Crippen LogP contribution in [0.15, 0.2) is 18.2 Å². The van der Waals surface area contributed by atoms with Gasteiger partial charge in [-0.25, -0.2) is 0 Å². The first kappa shape index (κ1) is 17.7. The number of hydrogen-bond acceptors (Lipinski definition) is 0. The van der Waals surface area contributed by atoms with Crippen LogP contribution in [-0.2, 0) is 0 Å². The van der Waals surface area contributed by atoms with Gasteiger partial charge in [-0.2, -0.15) is 0 Å². The molecule has 0 aliphatic rings. The Bertz CT molecular complexity index is 350. The Morgan fingerprint density at radius 1 is 0.444 bits per heavy atom. The molecular formula is C15H30Sn3. The average molecular weight is 567 g/mol. The second kappa shape index (κ2) is 5.78. The molecule has 1 aromatic carbocycles. The maximum absolute atomic E-state index is 2.60. The number of benzene rings is 1. The molecule has 0 saturated heterocycles. The molecule has 0 N–H and O–H groups in total. The molecule has 102 valence electrons. The van der Waals surface area contributed by atoms with Crippen molar-refractivity contribution >= 4 is 65.9 Å². The van der Waals surface area contributed by atoms with Crippen LogP contribution in [0.3, 0.4) is 0 Å². The predicted octanol–water partition coefficient (Wildman–Crippen LogP) is 3.32. The third-order valence-corrected chi connectivity index (χ3v) is 20.8. The Balaban J connectivity index is 3.49. The van der Waals surface area contributed by atoms with Crippen molar-refractivity contribution in [3.05, 3.63) is 18.2 Å². The zero-order chi connectivity index (χ0) is 14.4. The molecule has 0 saturated carbocycles. The van der Waals surface area contributed by atoms with Gasteiger partial charge in [0.1, 0.15) is 0 Å². The topological polar surface area (TPSA) is 0 Å².